The molecule has 2 aromatic carbocycles. The van der Waals surface area contributed by atoms with E-state index in [2.05, 4.69) is 13.8 Å². The van der Waals surface area contributed by atoms with Crippen molar-refractivity contribution < 1.29 is 19.7 Å². The third-order valence-corrected chi connectivity index (χ3v) is 4.35. The van der Waals surface area contributed by atoms with Gasteiger partial charge < -0.3 is 19.7 Å². The Labute approximate surface area is 150 Å². The van der Waals surface area contributed by atoms with Gasteiger partial charge in [-0.25, -0.2) is 0 Å². The molecule has 0 aliphatic heterocycles. The van der Waals surface area contributed by atoms with Gasteiger partial charge in [0.1, 0.15) is 11.5 Å². The SMILES string of the molecule is CCC(O)Oc1ccccc1C(C)(C)c1ccccc1OC(O)CC. The van der Waals surface area contributed by atoms with Crippen LogP contribution in [0.1, 0.15) is 51.7 Å². The molecular formula is C21H28O4. The van der Waals surface area contributed by atoms with Crippen LogP contribution in [-0.4, -0.2) is 22.8 Å². The molecule has 4 heteroatoms. The summed E-state index contributed by atoms with van der Waals surface area (Å²) in [6.07, 6.45) is -0.662. The minimum Gasteiger partial charge on any atom is -0.465 e. The maximum atomic E-state index is 9.90. The van der Waals surface area contributed by atoms with Crippen molar-refractivity contribution in [3.05, 3.63) is 59.7 Å². The number of aliphatic hydroxyl groups excluding tert-OH is 2. The first-order chi connectivity index (χ1) is 11.9. The average molecular weight is 344 g/mol. The smallest absolute Gasteiger partial charge is 0.197 e. The van der Waals surface area contributed by atoms with Crippen LogP contribution in [0, 0.1) is 0 Å². The predicted molar refractivity (Wildman–Crippen MR) is 98.9 cm³/mol. The third kappa shape index (κ3) is 4.53. The van der Waals surface area contributed by atoms with Gasteiger partial charge in [-0.1, -0.05) is 64.1 Å². The molecule has 2 unspecified atom stereocenters. The number of hydrogen-bond acceptors (Lipinski definition) is 4. The Bertz CT molecular complexity index is 624. The van der Waals surface area contributed by atoms with Crippen molar-refractivity contribution in [2.45, 2.75) is 58.5 Å². The Kier molecular flexibility index (Phi) is 6.45. The zero-order valence-corrected chi connectivity index (χ0v) is 15.4. The van der Waals surface area contributed by atoms with E-state index in [1.807, 2.05) is 62.4 Å². The molecule has 0 aromatic heterocycles. The van der Waals surface area contributed by atoms with Crippen LogP contribution in [0.25, 0.3) is 0 Å². The van der Waals surface area contributed by atoms with Crippen molar-refractivity contribution in [3.63, 3.8) is 0 Å². The van der Waals surface area contributed by atoms with Crippen molar-refractivity contribution in [1.82, 2.24) is 0 Å². The molecule has 0 fully saturated rings. The maximum Gasteiger partial charge on any atom is 0.197 e. The monoisotopic (exact) mass is 344 g/mol. The molecule has 0 heterocycles. The molecule has 136 valence electrons. The quantitative estimate of drug-likeness (QED) is 0.704. The lowest BCUT2D eigenvalue weighted by Crippen LogP contribution is -2.24. The van der Waals surface area contributed by atoms with Gasteiger partial charge in [-0.2, -0.15) is 0 Å². The van der Waals surface area contributed by atoms with Crippen LogP contribution in [0.3, 0.4) is 0 Å². The largest absolute Gasteiger partial charge is 0.465 e. The molecule has 0 spiro atoms. The Morgan fingerprint density at radius 3 is 1.48 bits per heavy atom. The second-order valence-corrected chi connectivity index (χ2v) is 6.58. The second-order valence-electron chi connectivity index (χ2n) is 6.58. The van der Waals surface area contributed by atoms with Crippen LogP contribution in [0.4, 0.5) is 0 Å². The topological polar surface area (TPSA) is 58.9 Å². The van der Waals surface area contributed by atoms with Crippen LogP contribution in [-0.2, 0) is 5.41 Å². The van der Waals surface area contributed by atoms with Crippen LogP contribution >= 0.6 is 0 Å². The van der Waals surface area contributed by atoms with Crippen LogP contribution < -0.4 is 9.47 Å². The first-order valence-electron chi connectivity index (χ1n) is 8.78. The zero-order valence-electron chi connectivity index (χ0n) is 15.4. The van der Waals surface area contributed by atoms with Gasteiger partial charge in [0, 0.05) is 29.4 Å². The summed E-state index contributed by atoms with van der Waals surface area (Å²) in [7, 11) is 0. The normalized spacial score (nSPS) is 14.0. The van der Waals surface area contributed by atoms with Crippen molar-refractivity contribution in [1.29, 1.82) is 0 Å². The van der Waals surface area contributed by atoms with E-state index >= 15 is 0 Å². The van der Waals surface area contributed by atoms with Crippen molar-refractivity contribution in [3.8, 4) is 11.5 Å². The van der Waals surface area contributed by atoms with Gasteiger partial charge in [0.05, 0.1) is 0 Å². The molecule has 0 radical (unpaired) electrons. The first kappa shape index (κ1) is 19.3. The fourth-order valence-electron chi connectivity index (χ4n) is 2.78. The van der Waals surface area contributed by atoms with Crippen molar-refractivity contribution in [2.24, 2.45) is 0 Å². The Balaban J connectivity index is 2.46. The van der Waals surface area contributed by atoms with Crippen molar-refractivity contribution >= 4 is 0 Å². The van der Waals surface area contributed by atoms with Gasteiger partial charge in [-0.05, 0) is 12.1 Å². The number of rotatable bonds is 8. The van der Waals surface area contributed by atoms with E-state index in [1.54, 1.807) is 0 Å². The number of para-hydroxylation sites is 2. The molecule has 25 heavy (non-hydrogen) atoms. The molecule has 0 bridgehead atoms. The molecular weight excluding hydrogens is 316 g/mol. The molecule has 0 saturated carbocycles. The van der Waals surface area contributed by atoms with Gasteiger partial charge in [0.25, 0.3) is 0 Å². The minimum absolute atomic E-state index is 0.436. The summed E-state index contributed by atoms with van der Waals surface area (Å²) < 4.78 is 11.4. The fourth-order valence-corrected chi connectivity index (χ4v) is 2.78. The van der Waals surface area contributed by atoms with Crippen LogP contribution in [0.2, 0.25) is 0 Å². The summed E-state index contributed by atoms with van der Waals surface area (Å²) in [5.41, 5.74) is 1.46. The van der Waals surface area contributed by atoms with Gasteiger partial charge in [0.2, 0.25) is 0 Å². The molecule has 2 N–H and O–H groups in total. The summed E-state index contributed by atoms with van der Waals surface area (Å²) in [5, 5.41) is 19.8. The summed E-state index contributed by atoms with van der Waals surface area (Å²) in [5.74, 6) is 1.29. The van der Waals surface area contributed by atoms with Gasteiger partial charge in [0.15, 0.2) is 12.6 Å². The Morgan fingerprint density at radius 2 is 1.12 bits per heavy atom. The number of aliphatic hydroxyl groups is 2. The first-order valence-corrected chi connectivity index (χ1v) is 8.78. The lowest BCUT2D eigenvalue weighted by atomic mass is 9.77. The molecule has 4 nitrogen and oxygen atoms in total. The molecule has 2 atom stereocenters. The molecule has 0 amide bonds. The predicted octanol–water partition coefficient (Wildman–Crippen LogP) is 4.23. The Hall–Kier alpha value is -2.04. The molecule has 2 rings (SSSR count). The lowest BCUT2D eigenvalue weighted by Gasteiger charge is -2.31. The molecule has 0 aliphatic carbocycles. The number of ether oxygens (including phenoxy) is 2. The highest BCUT2D eigenvalue weighted by Gasteiger charge is 2.30. The highest BCUT2D eigenvalue weighted by atomic mass is 16.6. The lowest BCUT2D eigenvalue weighted by molar-refractivity contribution is -0.0210. The van der Waals surface area contributed by atoms with Gasteiger partial charge in [-0.15, -0.1) is 0 Å². The maximum absolute atomic E-state index is 9.90. The number of hydrogen-bond donors (Lipinski definition) is 2. The summed E-state index contributed by atoms with van der Waals surface area (Å²) in [6.45, 7) is 7.89. The number of benzene rings is 2. The van der Waals surface area contributed by atoms with E-state index in [9.17, 15) is 10.2 Å². The standard InChI is InChI=1S/C21H28O4/c1-5-19(22)24-17-13-9-7-11-15(17)21(3,4)16-12-8-10-14-18(16)25-20(23)6-2/h7-14,19-20,22-23H,5-6H2,1-4H3. The van der Waals surface area contributed by atoms with Gasteiger partial charge >= 0.3 is 0 Å². The van der Waals surface area contributed by atoms with Gasteiger partial charge in [-0.3, -0.25) is 0 Å². The third-order valence-electron chi connectivity index (χ3n) is 4.35. The molecule has 2 aromatic rings. The Morgan fingerprint density at radius 1 is 0.760 bits per heavy atom. The molecule has 0 aliphatic rings. The average Bonchev–Trinajstić information content (AvgIpc) is 2.62. The summed E-state index contributed by atoms with van der Waals surface area (Å²) in [4.78, 5) is 0. The second kappa shape index (κ2) is 8.37. The van der Waals surface area contributed by atoms with Crippen LogP contribution in [0.15, 0.2) is 48.5 Å². The van der Waals surface area contributed by atoms with E-state index in [-0.39, 0.29) is 0 Å². The fraction of sp³-hybridized carbons (Fsp3) is 0.429. The summed E-state index contributed by atoms with van der Waals surface area (Å²) >= 11 is 0. The zero-order chi connectivity index (χ0) is 18.4. The highest BCUT2D eigenvalue weighted by molar-refractivity contribution is 5.50. The van der Waals surface area contributed by atoms with E-state index in [0.717, 1.165) is 11.1 Å². The highest BCUT2D eigenvalue weighted by Crippen LogP contribution is 2.41. The van der Waals surface area contributed by atoms with E-state index in [0.29, 0.717) is 24.3 Å². The van der Waals surface area contributed by atoms with E-state index < -0.39 is 18.0 Å². The summed E-state index contributed by atoms with van der Waals surface area (Å²) in [6, 6.07) is 15.4. The van der Waals surface area contributed by atoms with E-state index in [1.165, 1.54) is 0 Å². The minimum atomic E-state index is -0.842. The van der Waals surface area contributed by atoms with Crippen molar-refractivity contribution in [2.75, 3.05) is 0 Å². The van der Waals surface area contributed by atoms with Crippen LogP contribution in [0.5, 0.6) is 11.5 Å². The van der Waals surface area contributed by atoms with E-state index in [4.69, 9.17) is 9.47 Å². The molecule has 0 saturated heterocycles.